The van der Waals surface area contributed by atoms with Crippen LogP contribution >= 0.6 is 11.3 Å². The summed E-state index contributed by atoms with van der Waals surface area (Å²) in [7, 11) is 0. The number of aromatic nitrogens is 3. The molecular formula is C18H19N5O2S. The number of nitriles is 1. The van der Waals surface area contributed by atoms with Gasteiger partial charge in [0.2, 0.25) is 10.1 Å². The molecule has 26 heavy (non-hydrogen) atoms. The highest BCUT2D eigenvalue weighted by Crippen LogP contribution is 2.20. The molecule has 0 fully saturated rings. The van der Waals surface area contributed by atoms with E-state index in [4.69, 9.17) is 10.00 Å². The predicted octanol–water partition coefficient (Wildman–Crippen LogP) is 3.01. The molecule has 1 atom stereocenters. The van der Waals surface area contributed by atoms with Gasteiger partial charge in [0.1, 0.15) is 11.8 Å². The van der Waals surface area contributed by atoms with E-state index in [1.807, 2.05) is 38.1 Å². The van der Waals surface area contributed by atoms with E-state index >= 15 is 0 Å². The number of ether oxygens (including phenoxy) is 1. The molecule has 0 saturated heterocycles. The van der Waals surface area contributed by atoms with Crippen LogP contribution in [0.2, 0.25) is 0 Å². The maximum absolute atomic E-state index is 12.0. The van der Waals surface area contributed by atoms with E-state index in [-0.39, 0.29) is 5.56 Å². The minimum atomic E-state index is -0.451. The molecule has 0 aliphatic carbocycles. The van der Waals surface area contributed by atoms with Gasteiger partial charge >= 0.3 is 0 Å². The molecule has 2 heterocycles. The first-order chi connectivity index (χ1) is 12.6. The molecule has 3 aromatic rings. The summed E-state index contributed by atoms with van der Waals surface area (Å²) in [6.45, 7) is 4.39. The molecule has 0 bridgehead atoms. The van der Waals surface area contributed by atoms with Gasteiger partial charge in [0.15, 0.2) is 6.10 Å². The van der Waals surface area contributed by atoms with Crippen molar-refractivity contribution in [2.45, 2.75) is 39.3 Å². The van der Waals surface area contributed by atoms with E-state index in [1.54, 1.807) is 0 Å². The summed E-state index contributed by atoms with van der Waals surface area (Å²) in [5.41, 5.74) is 1.58. The number of rotatable bonds is 7. The van der Waals surface area contributed by atoms with Crippen LogP contribution in [0.15, 0.2) is 35.1 Å². The number of fused-ring (bicyclic) bond motifs is 1. The summed E-state index contributed by atoms with van der Waals surface area (Å²) in [5.74, 6) is 0.660. The van der Waals surface area contributed by atoms with Gasteiger partial charge in [-0.1, -0.05) is 37.3 Å². The fourth-order valence-electron chi connectivity index (χ4n) is 2.38. The van der Waals surface area contributed by atoms with Gasteiger partial charge < -0.3 is 10.1 Å². The number of aryl methyl sites for hydroxylation is 1. The fourth-order valence-corrected chi connectivity index (χ4v) is 3.20. The Hall–Kier alpha value is -2.92. The van der Waals surface area contributed by atoms with Crippen LogP contribution in [-0.4, -0.2) is 20.7 Å². The van der Waals surface area contributed by atoms with Gasteiger partial charge in [0, 0.05) is 18.3 Å². The van der Waals surface area contributed by atoms with E-state index in [0.29, 0.717) is 35.2 Å². The summed E-state index contributed by atoms with van der Waals surface area (Å²) >= 11 is 1.34. The first kappa shape index (κ1) is 17.9. The molecule has 1 unspecified atom stereocenters. The number of anilines is 1. The number of hydrogen-bond donors (Lipinski definition) is 1. The molecule has 0 aliphatic rings. The second-order valence-electron chi connectivity index (χ2n) is 5.69. The van der Waals surface area contributed by atoms with Crippen molar-refractivity contribution in [2.75, 3.05) is 5.32 Å². The highest BCUT2D eigenvalue weighted by molar-refractivity contribution is 7.20. The van der Waals surface area contributed by atoms with Gasteiger partial charge in [-0.15, -0.1) is 5.10 Å². The average molecular weight is 369 g/mol. The van der Waals surface area contributed by atoms with E-state index < -0.39 is 6.10 Å². The normalized spacial score (nSPS) is 11.9. The third-order valence-corrected chi connectivity index (χ3v) is 4.66. The van der Waals surface area contributed by atoms with Gasteiger partial charge in [-0.25, -0.2) is 4.98 Å². The van der Waals surface area contributed by atoms with E-state index in [2.05, 4.69) is 21.5 Å². The smallest absolute Gasteiger partial charge is 0.275 e. The third kappa shape index (κ3) is 4.00. The summed E-state index contributed by atoms with van der Waals surface area (Å²) in [6, 6.07) is 11.2. The van der Waals surface area contributed by atoms with Crippen molar-refractivity contribution < 1.29 is 4.74 Å². The Morgan fingerprint density at radius 3 is 2.96 bits per heavy atom. The maximum atomic E-state index is 12.0. The lowest BCUT2D eigenvalue weighted by molar-refractivity contribution is 0.251. The molecule has 0 amide bonds. The zero-order valence-electron chi connectivity index (χ0n) is 14.6. The zero-order chi connectivity index (χ0) is 18.5. The molecule has 1 N–H and O–H groups in total. The van der Waals surface area contributed by atoms with Crippen molar-refractivity contribution in [3.63, 3.8) is 0 Å². The van der Waals surface area contributed by atoms with Gasteiger partial charge in [0.05, 0.1) is 0 Å². The predicted molar refractivity (Wildman–Crippen MR) is 101 cm³/mol. The van der Waals surface area contributed by atoms with Crippen LogP contribution in [0.3, 0.4) is 0 Å². The van der Waals surface area contributed by atoms with E-state index in [1.165, 1.54) is 21.9 Å². The zero-order valence-corrected chi connectivity index (χ0v) is 15.4. The molecule has 3 rings (SSSR count). The quantitative estimate of drug-likeness (QED) is 0.688. The SMILES string of the molecule is CCc1cc(=O)n2nc(NCc3cccc(OC(C#N)CC)c3)sc2n1. The third-order valence-electron chi connectivity index (χ3n) is 3.80. The number of nitrogens with one attached hydrogen (secondary N) is 1. The molecule has 0 spiro atoms. The summed E-state index contributed by atoms with van der Waals surface area (Å²) in [6.07, 6.45) is 0.889. The van der Waals surface area contributed by atoms with Crippen molar-refractivity contribution in [3.8, 4) is 11.8 Å². The van der Waals surface area contributed by atoms with Crippen molar-refractivity contribution >= 4 is 21.4 Å². The van der Waals surface area contributed by atoms with Crippen molar-refractivity contribution in [2.24, 2.45) is 0 Å². The van der Waals surface area contributed by atoms with Crippen molar-refractivity contribution in [3.05, 3.63) is 51.9 Å². The second-order valence-corrected chi connectivity index (χ2v) is 6.64. The molecular weight excluding hydrogens is 350 g/mol. The first-order valence-corrected chi connectivity index (χ1v) is 9.23. The molecule has 0 aliphatic heterocycles. The Morgan fingerprint density at radius 1 is 1.38 bits per heavy atom. The second kappa shape index (κ2) is 7.97. The van der Waals surface area contributed by atoms with Gasteiger partial charge in [-0.05, 0) is 30.5 Å². The minimum absolute atomic E-state index is 0.173. The van der Waals surface area contributed by atoms with E-state index in [9.17, 15) is 4.79 Å². The van der Waals surface area contributed by atoms with Crippen LogP contribution in [0.1, 0.15) is 31.5 Å². The molecule has 1 aromatic carbocycles. The molecule has 134 valence electrons. The lowest BCUT2D eigenvalue weighted by Gasteiger charge is -2.11. The largest absolute Gasteiger partial charge is 0.476 e. The van der Waals surface area contributed by atoms with Crippen LogP contribution in [0.5, 0.6) is 5.75 Å². The first-order valence-electron chi connectivity index (χ1n) is 8.41. The van der Waals surface area contributed by atoms with Gasteiger partial charge in [0.25, 0.3) is 5.56 Å². The lowest BCUT2D eigenvalue weighted by Crippen LogP contribution is -2.15. The fraction of sp³-hybridized carbons (Fsp3) is 0.333. The van der Waals surface area contributed by atoms with Crippen LogP contribution in [0.4, 0.5) is 5.13 Å². The lowest BCUT2D eigenvalue weighted by atomic mass is 10.2. The molecule has 2 aromatic heterocycles. The number of nitrogens with zero attached hydrogens (tertiary/aromatic N) is 4. The average Bonchev–Trinajstić information content (AvgIpc) is 3.08. The Kier molecular flexibility index (Phi) is 5.49. The summed E-state index contributed by atoms with van der Waals surface area (Å²) in [4.78, 5) is 17.0. The van der Waals surface area contributed by atoms with Gasteiger partial charge in [-0.3, -0.25) is 4.79 Å². The topological polar surface area (TPSA) is 92.3 Å². The Bertz CT molecular complexity index is 1000. The van der Waals surface area contributed by atoms with Crippen molar-refractivity contribution in [1.29, 1.82) is 5.26 Å². The van der Waals surface area contributed by atoms with Crippen LogP contribution in [0, 0.1) is 11.3 Å². The number of hydrogen-bond acceptors (Lipinski definition) is 7. The molecule has 7 nitrogen and oxygen atoms in total. The van der Waals surface area contributed by atoms with Crippen LogP contribution in [-0.2, 0) is 13.0 Å². The van der Waals surface area contributed by atoms with Crippen LogP contribution in [0.25, 0.3) is 4.96 Å². The monoisotopic (exact) mass is 369 g/mol. The summed E-state index contributed by atoms with van der Waals surface area (Å²) < 4.78 is 6.95. The van der Waals surface area contributed by atoms with E-state index in [0.717, 1.165) is 11.3 Å². The highest BCUT2D eigenvalue weighted by atomic mass is 32.1. The molecule has 8 heteroatoms. The molecule has 0 radical (unpaired) electrons. The summed E-state index contributed by atoms with van der Waals surface area (Å²) in [5, 5.41) is 17.1. The Morgan fingerprint density at radius 2 is 2.23 bits per heavy atom. The highest BCUT2D eigenvalue weighted by Gasteiger charge is 2.09. The standard InChI is InChI=1S/C18H19N5O2S/c1-3-13-9-16(24)23-18(21-13)26-17(22-23)20-11-12-6-5-7-15(8-12)25-14(4-2)10-19/h5-9,14H,3-4,11H2,1-2H3,(H,20,22). The Balaban J connectivity index is 1.73. The minimum Gasteiger partial charge on any atom is -0.476 e. The Labute approximate surface area is 154 Å². The molecule has 0 saturated carbocycles. The number of benzene rings is 1. The van der Waals surface area contributed by atoms with Crippen LogP contribution < -0.4 is 15.6 Å². The van der Waals surface area contributed by atoms with Crippen molar-refractivity contribution in [1.82, 2.24) is 14.6 Å². The van der Waals surface area contributed by atoms with Gasteiger partial charge in [-0.2, -0.15) is 9.78 Å². The maximum Gasteiger partial charge on any atom is 0.275 e.